The van der Waals surface area contributed by atoms with E-state index in [2.05, 4.69) is 5.32 Å². The Morgan fingerprint density at radius 1 is 1.30 bits per heavy atom. The standard InChI is InChI=1S/C16H21NO3/c1-3-4-5-14(16(19)20)17-15(18)11-10-13-8-6-12(2)7-9-13/h6-11,14H,3-5H2,1-2H3,(H,17,18)(H,19,20)/b11-10+/t14-/m0/s1. The molecular formula is C16H21NO3. The second-order valence-corrected chi connectivity index (χ2v) is 4.79. The summed E-state index contributed by atoms with van der Waals surface area (Å²) in [5.41, 5.74) is 2.06. The summed E-state index contributed by atoms with van der Waals surface area (Å²) in [5, 5.41) is 11.5. The van der Waals surface area contributed by atoms with Crippen LogP contribution in [0.2, 0.25) is 0 Å². The number of carboxylic acid groups (broad SMARTS) is 1. The molecular weight excluding hydrogens is 254 g/mol. The van der Waals surface area contributed by atoms with Gasteiger partial charge in [0.2, 0.25) is 5.91 Å². The molecule has 0 bridgehead atoms. The van der Waals surface area contributed by atoms with Crippen molar-refractivity contribution in [1.29, 1.82) is 0 Å². The van der Waals surface area contributed by atoms with Crippen molar-refractivity contribution in [3.63, 3.8) is 0 Å². The van der Waals surface area contributed by atoms with Gasteiger partial charge in [-0.15, -0.1) is 0 Å². The lowest BCUT2D eigenvalue weighted by Gasteiger charge is -2.12. The third kappa shape index (κ3) is 5.69. The number of aryl methyl sites for hydroxylation is 1. The van der Waals surface area contributed by atoms with Crippen molar-refractivity contribution in [2.24, 2.45) is 0 Å². The molecule has 1 amide bonds. The highest BCUT2D eigenvalue weighted by atomic mass is 16.4. The number of benzene rings is 1. The van der Waals surface area contributed by atoms with Crippen molar-refractivity contribution < 1.29 is 14.7 Å². The molecule has 0 aliphatic rings. The first-order valence-corrected chi connectivity index (χ1v) is 6.81. The van der Waals surface area contributed by atoms with Crippen molar-refractivity contribution >= 4 is 18.0 Å². The summed E-state index contributed by atoms with van der Waals surface area (Å²) >= 11 is 0. The first kappa shape index (κ1) is 16.0. The highest BCUT2D eigenvalue weighted by Crippen LogP contribution is 2.05. The van der Waals surface area contributed by atoms with E-state index in [9.17, 15) is 9.59 Å². The average Bonchev–Trinajstić information content (AvgIpc) is 2.42. The van der Waals surface area contributed by atoms with Crippen LogP contribution >= 0.6 is 0 Å². The van der Waals surface area contributed by atoms with Gasteiger partial charge in [0.25, 0.3) is 0 Å². The molecule has 0 aromatic heterocycles. The average molecular weight is 275 g/mol. The Bertz CT molecular complexity index is 477. The van der Waals surface area contributed by atoms with Crippen LogP contribution in [0, 0.1) is 6.92 Å². The molecule has 0 aliphatic heterocycles. The molecule has 4 nitrogen and oxygen atoms in total. The summed E-state index contributed by atoms with van der Waals surface area (Å²) in [5.74, 6) is -1.37. The highest BCUT2D eigenvalue weighted by molar-refractivity contribution is 5.94. The van der Waals surface area contributed by atoms with Crippen molar-refractivity contribution in [2.45, 2.75) is 39.2 Å². The van der Waals surface area contributed by atoms with Gasteiger partial charge in [0, 0.05) is 6.08 Å². The topological polar surface area (TPSA) is 66.4 Å². The Labute approximate surface area is 119 Å². The van der Waals surface area contributed by atoms with E-state index in [1.165, 1.54) is 6.08 Å². The SMILES string of the molecule is CCCC[C@H](NC(=O)/C=C/c1ccc(C)cc1)C(=O)O. The lowest BCUT2D eigenvalue weighted by atomic mass is 10.1. The fourth-order valence-electron chi connectivity index (χ4n) is 1.73. The van der Waals surface area contributed by atoms with Crippen LogP contribution in [0.25, 0.3) is 6.08 Å². The largest absolute Gasteiger partial charge is 0.480 e. The molecule has 0 heterocycles. The fraction of sp³-hybridized carbons (Fsp3) is 0.375. The molecule has 0 aliphatic carbocycles. The quantitative estimate of drug-likeness (QED) is 0.752. The number of unbranched alkanes of at least 4 members (excludes halogenated alkanes) is 1. The van der Waals surface area contributed by atoms with Crippen LogP contribution < -0.4 is 5.32 Å². The number of carbonyl (C=O) groups is 2. The molecule has 0 spiro atoms. The van der Waals surface area contributed by atoms with Crippen molar-refractivity contribution in [3.8, 4) is 0 Å². The van der Waals surface area contributed by atoms with E-state index in [-0.39, 0.29) is 5.91 Å². The summed E-state index contributed by atoms with van der Waals surface area (Å²) in [6.45, 7) is 3.98. The molecule has 2 N–H and O–H groups in total. The third-order valence-electron chi connectivity index (χ3n) is 2.97. The lowest BCUT2D eigenvalue weighted by molar-refractivity contribution is -0.141. The molecule has 1 aromatic carbocycles. The zero-order valence-electron chi connectivity index (χ0n) is 11.9. The molecule has 0 saturated carbocycles. The van der Waals surface area contributed by atoms with Gasteiger partial charge in [-0.05, 0) is 25.0 Å². The molecule has 1 atom stereocenters. The van der Waals surface area contributed by atoms with Crippen LogP contribution in [0.5, 0.6) is 0 Å². The molecule has 0 saturated heterocycles. The first-order valence-electron chi connectivity index (χ1n) is 6.81. The minimum atomic E-state index is -0.990. The predicted octanol–water partition coefficient (Wildman–Crippen LogP) is 2.77. The number of hydrogen-bond donors (Lipinski definition) is 2. The molecule has 0 fully saturated rings. The predicted molar refractivity (Wildman–Crippen MR) is 79.3 cm³/mol. The monoisotopic (exact) mass is 275 g/mol. The fourth-order valence-corrected chi connectivity index (χ4v) is 1.73. The summed E-state index contributed by atoms with van der Waals surface area (Å²) in [4.78, 5) is 22.7. The van der Waals surface area contributed by atoms with Crippen LogP contribution in [0.4, 0.5) is 0 Å². The smallest absolute Gasteiger partial charge is 0.326 e. The van der Waals surface area contributed by atoms with Gasteiger partial charge in [-0.3, -0.25) is 4.79 Å². The zero-order chi connectivity index (χ0) is 15.0. The normalized spacial score (nSPS) is 12.3. The third-order valence-corrected chi connectivity index (χ3v) is 2.97. The number of carboxylic acids is 1. The van der Waals surface area contributed by atoms with E-state index < -0.39 is 12.0 Å². The number of amides is 1. The van der Waals surface area contributed by atoms with Crippen LogP contribution in [0.1, 0.15) is 37.3 Å². The van der Waals surface area contributed by atoms with Crippen LogP contribution in [0.3, 0.4) is 0 Å². The van der Waals surface area contributed by atoms with Gasteiger partial charge < -0.3 is 10.4 Å². The van der Waals surface area contributed by atoms with E-state index in [4.69, 9.17) is 5.11 Å². The summed E-state index contributed by atoms with van der Waals surface area (Å²) in [6.07, 6.45) is 5.17. The second-order valence-electron chi connectivity index (χ2n) is 4.79. The number of aliphatic carboxylic acids is 1. The van der Waals surface area contributed by atoms with Gasteiger partial charge in [0.15, 0.2) is 0 Å². The number of nitrogens with one attached hydrogen (secondary N) is 1. The van der Waals surface area contributed by atoms with Gasteiger partial charge in [0.1, 0.15) is 6.04 Å². The van der Waals surface area contributed by atoms with E-state index in [0.717, 1.165) is 24.0 Å². The Balaban J connectivity index is 2.56. The van der Waals surface area contributed by atoms with Gasteiger partial charge in [-0.1, -0.05) is 49.6 Å². The maximum absolute atomic E-state index is 11.7. The molecule has 108 valence electrons. The first-order chi connectivity index (χ1) is 9.52. The van der Waals surface area contributed by atoms with Gasteiger partial charge in [0.05, 0.1) is 0 Å². The van der Waals surface area contributed by atoms with Crippen LogP contribution in [0.15, 0.2) is 30.3 Å². The Morgan fingerprint density at radius 3 is 2.50 bits per heavy atom. The molecule has 1 rings (SSSR count). The second kappa shape index (κ2) is 8.15. The number of rotatable bonds is 7. The van der Waals surface area contributed by atoms with Gasteiger partial charge in [-0.2, -0.15) is 0 Å². The Morgan fingerprint density at radius 2 is 1.95 bits per heavy atom. The minimum Gasteiger partial charge on any atom is -0.480 e. The van der Waals surface area contributed by atoms with Crippen molar-refractivity contribution in [1.82, 2.24) is 5.32 Å². The molecule has 0 radical (unpaired) electrons. The zero-order valence-corrected chi connectivity index (χ0v) is 11.9. The maximum atomic E-state index is 11.7. The highest BCUT2D eigenvalue weighted by Gasteiger charge is 2.17. The summed E-state index contributed by atoms with van der Waals surface area (Å²) in [6, 6.07) is 6.91. The van der Waals surface area contributed by atoms with E-state index >= 15 is 0 Å². The molecule has 0 unspecified atom stereocenters. The Hall–Kier alpha value is -2.10. The maximum Gasteiger partial charge on any atom is 0.326 e. The van der Waals surface area contributed by atoms with Gasteiger partial charge in [-0.25, -0.2) is 4.79 Å². The lowest BCUT2D eigenvalue weighted by Crippen LogP contribution is -2.39. The van der Waals surface area contributed by atoms with Crippen LogP contribution in [-0.4, -0.2) is 23.0 Å². The van der Waals surface area contributed by atoms with Crippen LogP contribution in [-0.2, 0) is 9.59 Å². The summed E-state index contributed by atoms with van der Waals surface area (Å²) < 4.78 is 0. The Kier molecular flexibility index (Phi) is 6.50. The van der Waals surface area contributed by atoms with Gasteiger partial charge >= 0.3 is 5.97 Å². The number of carbonyl (C=O) groups excluding carboxylic acids is 1. The van der Waals surface area contributed by atoms with E-state index in [1.807, 2.05) is 38.1 Å². The van der Waals surface area contributed by atoms with E-state index in [0.29, 0.717) is 6.42 Å². The van der Waals surface area contributed by atoms with Crippen molar-refractivity contribution in [2.75, 3.05) is 0 Å². The van der Waals surface area contributed by atoms with E-state index in [1.54, 1.807) is 6.08 Å². The minimum absolute atomic E-state index is 0.380. The number of hydrogen-bond acceptors (Lipinski definition) is 2. The molecule has 20 heavy (non-hydrogen) atoms. The van der Waals surface area contributed by atoms with Crippen molar-refractivity contribution in [3.05, 3.63) is 41.5 Å². The molecule has 4 heteroatoms. The summed E-state index contributed by atoms with van der Waals surface area (Å²) in [7, 11) is 0. The molecule has 1 aromatic rings.